The number of nitrogens with zero attached hydrogens (tertiary/aromatic N) is 2. The van der Waals surface area contributed by atoms with Gasteiger partial charge >= 0.3 is 0 Å². The van der Waals surface area contributed by atoms with Crippen LogP contribution in [0.5, 0.6) is 0 Å². The molecule has 6 nitrogen and oxygen atoms in total. The van der Waals surface area contributed by atoms with Gasteiger partial charge in [0.25, 0.3) is 0 Å². The van der Waals surface area contributed by atoms with Crippen LogP contribution in [0.15, 0.2) is 4.99 Å². The fourth-order valence-electron chi connectivity index (χ4n) is 2.33. The van der Waals surface area contributed by atoms with Gasteiger partial charge in [0.15, 0.2) is 5.96 Å². The van der Waals surface area contributed by atoms with Crippen LogP contribution in [-0.2, 0) is 4.74 Å². The molecule has 1 rings (SSSR count). The molecule has 1 unspecified atom stereocenters. The van der Waals surface area contributed by atoms with Gasteiger partial charge in [0.1, 0.15) is 0 Å². The van der Waals surface area contributed by atoms with Crippen molar-refractivity contribution in [2.75, 3.05) is 60.1 Å². The number of guanidine groups is 1. The van der Waals surface area contributed by atoms with Crippen molar-refractivity contribution in [3.63, 3.8) is 0 Å². The molecule has 0 aromatic rings. The number of ether oxygens (including phenoxy) is 1. The molecule has 0 bridgehead atoms. The fourth-order valence-corrected chi connectivity index (χ4v) is 2.33. The number of aliphatic hydroxyl groups excluding tert-OH is 1. The highest BCUT2D eigenvalue weighted by atomic mass is 16.5. The van der Waals surface area contributed by atoms with Crippen molar-refractivity contribution in [2.45, 2.75) is 19.8 Å². The Morgan fingerprint density at radius 1 is 1.45 bits per heavy atom. The van der Waals surface area contributed by atoms with E-state index in [0.717, 1.165) is 58.2 Å². The number of rotatable bonds is 8. The number of likely N-dealkylation sites (N-methyl/N-ethyl adjacent to an activating group) is 1. The number of aliphatic hydroxyl groups is 1. The summed E-state index contributed by atoms with van der Waals surface area (Å²) in [6, 6.07) is 0. The quantitative estimate of drug-likeness (QED) is 0.429. The van der Waals surface area contributed by atoms with Crippen LogP contribution < -0.4 is 10.6 Å². The van der Waals surface area contributed by atoms with Gasteiger partial charge in [0.2, 0.25) is 0 Å². The van der Waals surface area contributed by atoms with E-state index in [1.54, 1.807) is 7.05 Å². The molecule has 0 amide bonds. The summed E-state index contributed by atoms with van der Waals surface area (Å²) < 4.78 is 5.49. The molecule has 1 fully saturated rings. The highest BCUT2D eigenvalue weighted by Crippen LogP contribution is 2.31. The summed E-state index contributed by atoms with van der Waals surface area (Å²) in [5.41, 5.74) is 0.0482. The Morgan fingerprint density at radius 3 is 2.80 bits per heavy atom. The third kappa shape index (κ3) is 5.64. The molecule has 0 saturated carbocycles. The zero-order chi connectivity index (χ0) is 14.8. The third-order valence-corrected chi connectivity index (χ3v) is 4.01. The summed E-state index contributed by atoms with van der Waals surface area (Å²) in [7, 11) is 3.88. The van der Waals surface area contributed by atoms with Gasteiger partial charge in [-0.25, -0.2) is 0 Å². The molecule has 1 atom stereocenters. The van der Waals surface area contributed by atoms with Crippen LogP contribution in [-0.4, -0.2) is 76.1 Å². The number of hydrogen-bond donors (Lipinski definition) is 3. The molecule has 1 aliphatic rings. The van der Waals surface area contributed by atoms with Crippen molar-refractivity contribution in [2.24, 2.45) is 10.4 Å². The molecular formula is C14H30N4O2. The Kier molecular flexibility index (Phi) is 7.87. The summed E-state index contributed by atoms with van der Waals surface area (Å²) in [5.74, 6) is 0.818. The lowest BCUT2D eigenvalue weighted by atomic mass is 9.84. The van der Waals surface area contributed by atoms with E-state index in [4.69, 9.17) is 4.74 Å². The van der Waals surface area contributed by atoms with Crippen molar-refractivity contribution in [1.29, 1.82) is 0 Å². The first-order chi connectivity index (χ1) is 9.65. The summed E-state index contributed by atoms with van der Waals surface area (Å²) in [6.45, 7) is 7.55. The van der Waals surface area contributed by atoms with Gasteiger partial charge in [-0.3, -0.25) is 4.99 Å². The molecule has 118 valence electrons. The Balaban J connectivity index is 2.33. The standard InChI is InChI=1S/C14H30N4O2/c1-4-18(3)8-7-16-13(15-2)17-11-14(5-9-19)6-10-20-12-14/h19H,4-12H2,1-3H3,(H2,15,16,17). The molecule has 3 N–H and O–H groups in total. The van der Waals surface area contributed by atoms with Crippen LogP contribution in [0.1, 0.15) is 19.8 Å². The maximum absolute atomic E-state index is 9.21. The predicted octanol–water partition coefficient (Wildman–Crippen LogP) is -0.108. The van der Waals surface area contributed by atoms with Crippen molar-refractivity contribution < 1.29 is 9.84 Å². The molecule has 0 aromatic carbocycles. The Hall–Kier alpha value is -0.850. The first kappa shape index (κ1) is 17.2. The van der Waals surface area contributed by atoms with Gasteiger partial charge in [-0.15, -0.1) is 0 Å². The van der Waals surface area contributed by atoms with Crippen LogP contribution in [0, 0.1) is 5.41 Å². The predicted molar refractivity (Wildman–Crippen MR) is 82.1 cm³/mol. The fraction of sp³-hybridized carbons (Fsp3) is 0.929. The number of hydrogen-bond acceptors (Lipinski definition) is 4. The molecule has 0 spiro atoms. The van der Waals surface area contributed by atoms with Gasteiger partial charge in [0.05, 0.1) is 6.61 Å². The van der Waals surface area contributed by atoms with Crippen LogP contribution in [0.4, 0.5) is 0 Å². The Labute approximate surface area is 122 Å². The first-order valence-corrected chi connectivity index (χ1v) is 7.47. The van der Waals surface area contributed by atoms with Crippen LogP contribution in [0.2, 0.25) is 0 Å². The van der Waals surface area contributed by atoms with E-state index in [2.05, 4.69) is 34.5 Å². The SMILES string of the molecule is CCN(C)CCNC(=NC)NCC1(CCO)CCOC1. The average molecular weight is 286 g/mol. The van der Waals surface area contributed by atoms with Gasteiger partial charge in [-0.2, -0.15) is 0 Å². The smallest absolute Gasteiger partial charge is 0.191 e. The molecule has 0 aromatic heterocycles. The summed E-state index contributed by atoms with van der Waals surface area (Å²) >= 11 is 0. The lowest BCUT2D eigenvalue weighted by molar-refractivity contribution is 0.127. The van der Waals surface area contributed by atoms with Crippen molar-refractivity contribution >= 4 is 5.96 Å². The van der Waals surface area contributed by atoms with Crippen LogP contribution >= 0.6 is 0 Å². The zero-order valence-corrected chi connectivity index (χ0v) is 13.1. The molecule has 6 heteroatoms. The first-order valence-electron chi connectivity index (χ1n) is 7.47. The molecule has 1 saturated heterocycles. The van der Waals surface area contributed by atoms with E-state index in [0.29, 0.717) is 0 Å². The van der Waals surface area contributed by atoms with Gasteiger partial charge in [0, 0.05) is 45.3 Å². The second-order valence-electron chi connectivity index (χ2n) is 5.52. The minimum atomic E-state index is 0.0482. The van der Waals surface area contributed by atoms with Crippen LogP contribution in [0.25, 0.3) is 0 Å². The van der Waals surface area contributed by atoms with E-state index < -0.39 is 0 Å². The lowest BCUT2D eigenvalue weighted by Gasteiger charge is -2.28. The minimum Gasteiger partial charge on any atom is -0.396 e. The second kappa shape index (κ2) is 9.15. The Bertz CT molecular complexity index is 291. The minimum absolute atomic E-state index is 0.0482. The lowest BCUT2D eigenvalue weighted by Crippen LogP contribution is -2.46. The third-order valence-electron chi connectivity index (χ3n) is 4.01. The van der Waals surface area contributed by atoms with E-state index in [1.165, 1.54) is 0 Å². The maximum atomic E-state index is 9.21. The Morgan fingerprint density at radius 2 is 2.25 bits per heavy atom. The normalized spacial score (nSPS) is 23.4. The van der Waals surface area contributed by atoms with Gasteiger partial charge in [-0.1, -0.05) is 6.92 Å². The van der Waals surface area contributed by atoms with Crippen molar-refractivity contribution in [3.05, 3.63) is 0 Å². The molecule has 0 aliphatic carbocycles. The highest BCUT2D eigenvalue weighted by Gasteiger charge is 2.34. The van der Waals surface area contributed by atoms with E-state index in [-0.39, 0.29) is 12.0 Å². The molecule has 0 radical (unpaired) electrons. The summed E-state index contributed by atoms with van der Waals surface area (Å²) in [6.07, 6.45) is 1.77. The van der Waals surface area contributed by atoms with E-state index in [1.807, 2.05) is 0 Å². The topological polar surface area (TPSA) is 69.1 Å². The van der Waals surface area contributed by atoms with Gasteiger partial charge < -0.3 is 25.4 Å². The largest absolute Gasteiger partial charge is 0.396 e. The van der Waals surface area contributed by atoms with Crippen LogP contribution in [0.3, 0.4) is 0 Å². The average Bonchev–Trinajstić information content (AvgIpc) is 2.91. The van der Waals surface area contributed by atoms with E-state index in [9.17, 15) is 5.11 Å². The van der Waals surface area contributed by atoms with Gasteiger partial charge in [-0.05, 0) is 26.4 Å². The number of nitrogens with one attached hydrogen (secondary N) is 2. The van der Waals surface area contributed by atoms with E-state index >= 15 is 0 Å². The second-order valence-corrected chi connectivity index (χ2v) is 5.52. The highest BCUT2D eigenvalue weighted by molar-refractivity contribution is 5.79. The molecular weight excluding hydrogens is 256 g/mol. The van der Waals surface area contributed by atoms with Crippen molar-refractivity contribution in [3.8, 4) is 0 Å². The maximum Gasteiger partial charge on any atom is 0.191 e. The molecule has 1 heterocycles. The summed E-state index contributed by atoms with van der Waals surface area (Å²) in [5, 5.41) is 15.9. The monoisotopic (exact) mass is 286 g/mol. The summed E-state index contributed by atoms with van der Waals surface area (Å²) in [4.78, 5) is 6.48. The zero-order valence-electron chi connectivity index (χ0n) is 13.1. The molecule has 20 heavy (non-hydrogen) atoms. The van der Waals surface area contributed by atoms with Crippen molar-refractivity contribution in [1.82, 2.24) is 15.5 Å². The molecule has 1 aliphatic heterocycles. The number of aliphatic imine (C=N–C) groups is 1.